The Labute approximate surface area is 139 Å². The maximum absolute atomic E-state index is 13.1. The number of halogens is 1. The Bertz CT molecular complexity index is 767. The summed E-state index contributed by atoms with van der Waals surface area (Å²) >= 11 is 0. The van der Waals surface area contributed by atoms with Gasteiger partial charge in [-0.2, -0.15) is 5.26 Å². The Kier molecular flexibility index (Phi) is 6.03. The minimum Gasteiger partial charge on any atom is -0.326 e. The second-order valence-corrected chi connectivity index (χ2v) is 5.14. The zero-order chi connectivity index (χ0) is 17.4. The lowest BCUT2D eigenvalue weighted by atomic mass is 10.1. The van der Waals surface area contributed by atoms with Gasteiger partial charge in [-0.3, -0.25) is 9.59 Å². The van der Waals surface area contributed by atoms with E-state index >= 15 is 0 Å². The highest BCUT2D eigenvalue weighted by Gasteiger charge is 2.05. The number of aryl methyl sites for hydroxylation is 1. The summed E-state index contributed by atoms with van der Waals surface area (Å²) in [4.78, 5) is 23.2. The Hall–Kier alpha value is -3.20. The summed E-state index contributed by atoms with van der Waals surface area (Å²) in [5.41, 5.74) is 1.91. The van der Waals surface area contributed by atoms with Crippen molar-refractivity contribution in [2.24, 2.45) is 0 Å². The van der Waals surface area contributed by atoms with Crippen LogP contribution in [0.4, 0.5) is 15.8 Å². The maximum Gasteiger partial charge on any atom is 0.238 e. The number of benzene rings is 2. The van der Waals surface area contributed by atoms with Crippen LogP contribution < -0.4 is 10.6 Å². The van der Waals surface area contributed by atoms with Gasteiger partial charge in [0.15, 0.2) is 0 Å². The van der Waals surface area contributed by atoms with Crippen LogP contribution in [0.1, 0.15) is 18.4 Å². The summed E-state index contributed by atoms with van der Waals surface area (Å²) in [6, 6.07) is 14.5. The lowest BCUT2D eigenvalue weighted by Gasteiger charge is -2.07. The number of anilines is 2. The van der Waals surface area contributed by atoms with E-state index in [0.717, 1.165) is 5.56 Å². The molecule has 0 aliphatic heterocycles. The van der Waals surface area contributed by atoms with Crippen molar-refractivity contribution < 1.29 is 14.0 Å². The molecule has 122 valence electrons. The zero-order valence-electron chi connectivity index (χ0n) is 12.9. The van der Waals surface area contributed by atoms with Crippen molar-refractivity contribution in [1.29, 1.82) is 5.26 Å². The standard InChI is InChI=1S/C18H16FN3O2/c19-14-3-1-2-13(12-14)4-9-17(23)21-15-5-7-16(8-6-15)22-18(24)10-11-20/h1-3,5-8,12H,4,9-10H2,(H,21,23)(H,22,24). The molecule has 2 rings (SSSR count). The normalized spacial score (nSPS) is 9.83. The maximum atomic E-state index is 13.1. The first-order chi connectivity index (χ1) is 11.6. The lowest BCUT2D eigenvalue weighted by Crippen LogP contribution is -2.13. The predicted molar refractivity (Wildman–Crippen MR) is 88.7 cm³/mol. The Morgan fingerprint density at radius 3 is 2.21 bits per heavy atom. The predicted octanol–water partition coefficient (Wildman–Crippen LogP) is 3.25. The molecule has 5 nitrogen and oxygen atoms in total. The minimum atomic E-state index is -0.385. The van der Waals surface area contributed by atoms with Crippen molar-refractivity contribution in [2.45, 2.75) is 19.3 Å². The molecule has 0 radical (unpaired) electrons. The fraction of sp³-hybridized carbons (Fsp3) is 0.167. The van der Waals surface area contributed by atoms with Gasteiger partial charge in [-0.1, -0.05) is 12.1 Å². The average molecular weight is 325 g/mol. The van der Waals surface area contributed by atoms with Gasteiger partial charge in [0.05, 0.1) is 6.07 Å². The molecule has 2 N–H and O–H groups in total. The van der Waals surface area contributed by atoms with Crippen LogP contribution in [-0.4, -0.2) is 11.8 Å². The van der Waals surface area contributed by atoms with Crippen LogP contribution in [0.5, 0.6) is 0 Å². The first-order valence-corrected chi connectivity index (χ1v) is 7.38. The molecule has 2 aromatic carbocycles. The Morgan fingerprint density at radius 1 is 1.00 bits per heavy atom. The molecule has 0 bridgehead atoms. The topological polar surface area (TPSA) is 82.0 Å². The Morgan fingerprint density at radius 2 is 1.62 bits per heavy atom. The van der Waals surface area contributed by atoms with Crippen LogP contribution in [-0.2, 0) is 16.0 Å². The summed E-state index contributed by atoms with van der Waals surface area (Å²) in [5.74, 6) is -0.883. The number of nitriles is 1. The van der Waals surface area contributed by atoms with Crippen LogP contribution in [0.25, 0.3) is 0 Å². The van der Waals surface area contributed by atoms with Gasteiger partial charge in [-0.15, -0.1) is 0 Å². The van der Waals surface area contributed by atoms with Crippen LogP contribution >= 0.6 is 0 Å². The number of hydrogen-bond acceptors (Lipinski definition) is 3. The molecular weight excluding hydrogens is 309 g/mol. The smallest absolute Gasteiger partial charge is 0.238 e. The zero-order valence-corrected chi connectivity index (χ0v) is 12.9. The first kappa shape index (κ1) is 17.2. The van der Waals surface area contributed by atoms with Crippen molar-refractivity contribution in [3.05, 3.63) is 59.9 Å². The van der Waals surface area contributed by atoms with Crippen LogP contribution in [0.3, 0.4) is 0 Å². The summed E-state index contributed by atoms with van der Waals surface area (Å²) < 4.78 is 13.1. The van der Waals surface area contributed by atoms with Crippen LogP contribution in [0.15, 0.2) is 48.5 Å². The van der Waals surface area contributed by atoms with Crippen molar-refractivity contribution in [1.82, 2.24) is 0 Å². The summed E-state index contributed by atoms with van der Waals surface area (Å²) in [7, 11) is 0. The summed E-state index contributed by atoms with van der Waals surface area (Å²) in [6.45, 7) is 0. The van der Waals surface area contributed by atoms with Gasteiger partial charge in [0.2, 0.25) is 11.8 Å². The molecule has 0 unspecified atom stereocenters. The molecule has 0 spiro atoms. The van der Waals surface area contributed by atoms with Crippen molar-refractivity contribution in [2.75, 3.05) is 10.6 Å². The van der Waals surface area contributed by atoms with Crippen LogP contribution in [0, 0.1) is 17.1 Å². The molecule has 0 heterocycles. The molecule has 0 saturated carbocycles. The average Bonchev–Trinajstić information content (AvgIpc) is 2.55. The highest BCUT2D eigenvalue weighted by atomic mass is 19.1. The number of rotatable bonds is 6. The first-order valence-electron chi connectivity index (χ1n) is 7.38. The number of carbonyl (C=O) groups excluding carboxylic acids is 2. The van der Waals surface area contributed by atoms with Gasteiger partial charge in [0.1, 0.15) is 12.2 Å². The summed E-state index contributed by atoms with van der Waals surface area (Å²) in [6.07, 6.45) is 0.481. The van der Waals surface area contributed by atoms with E-state index in [-0.39, 0.29) is 30.5 Å². The van der Waals surface area contributed by atoms with E-state index in [1.165, 1.54) is 12.1 Å². The van der Waals surface area contributed by atoms with Crippen molar-refractivity contribution in [3.8, 4) is 6.07 Å². The molecule has 0 saturated heterocycles. The van der Waals surface area contributed by atoms with E-state index in [0.29, 0.717) is 17.8 Å². The summed E-state index contributed by atoms with van der Waals surface area (Å²) in [5, 5.41) is 13.7. The van der Waals surface area contributed by atoms with Gasteiger partial charge in [0, 0.05) is 17.8 Å². The molecule has 0 atom stereocenters. The number of amides is 2. The Balaban J connectivity index is 1.83. The molecule has 6 heteroatoms. The van der Waals surface area contributed by atoms with Crippen LogP contribution in [0.2, 0.25) is 0 Å². The highest BCUT2D eigenvalue weighted by molar-refractivity contribution is 5.93. The third kappa shape index (κ3) is 5.54. The lowest BCUT2D eigenvalue weighted by molar-refractivity contribution is -0.116. The van der Waals surface area contributed by atoms with Gasteiger partial charge in [0.25, 0.3) is 0 Å². The van der Waals surface area contributed by atoms with E-state index in [9.17, 15) is 14.0 Å². The van der Waals surface area contributed by atoms with E-state index in [2.05, 4.69) is 10.6 Å². The molecular formula is C18H16FN3O2. The second kappa shape index (κ2) is 8.44. The highest BCUT2D eigenvalue weighted by Crippen LogP contribution is 2.14. The number of nitrogens with zero attached hydrogens (tertiary/aromatic N) is 1. The molecule has 0 fully saturated rings. The van der Waals surface area contributed by atoms with Gasteiger partial charge < -0.3 is 10.6 Å². The second-order valence-electron chi connectivity index (χ2n) is 5.14. The largest absolute Gasteiger partial charge is 0.326 e. The minimum absolute atomic E-state index is 0.180. The van der Waals surface area contributed by atoms with E-state index < -0.39 is 0 Å². The third-order valence-corrected chi connectivity index (χ3v) is 3.22. The fourth-order valence-electron chi connectivity index (χ4n) is 2.09. The van der Waals surface area contributed by atoms with Gasteiger partial charge in [-0.25, -0.2) is 4.39 Å². The third-order valence-electron chi connectivity index (χ3n) is 3.22. The number of carbonyl (C=O) groups is 2. The molecule has 2 amide bonds. The van der Waals surface area contributed by atoms with Gasteiger partial charge >= 0.3 is 0 Å². The molecule has 0 aliphatic carbocycles. The monoisotopic (exact) mass is 325 g/mol. The van der Waals surface area contributed by atoms with E-state index in [1.54, 1.807) is 42.5 Å². The molecule has 24 heavy (non-hydrogen) atoms. The van der Waals surface area contributed by atoms with Crippen molar-refractivity contribution in [3.63, 3.8) is 0 Å². The molecule has 0 aromatic heterocycles. The van der Waals surface area contributed by atoms with Crippen molar-refractivity contribution >= 4 is 23.2 Å². The quantitative estimate of drug-likeness (QED) is 0.855. The number of hydrogen-bond donors (Lipinski definition) is 2. The number of nitrogens with one attached hydrogen (secondary N) is 2. The van der Waals surface area contributed by atoms with Gasteiger partial charge in [-0.05, 0) is 48.4 Å². The SMILES string of the molecule is N#CCC(=O)Nc1ccc(NC(=O)CCc2cccc(F)c2)cc1. The molecule has 2 aromatic rings. The fourth-order valence-corrected chi connectivity index (χ4v) is 2.09. The molecule has 0 aliphatic rings. The van der Waals surface area contributed by atoms with E-state index in [4.69, 9.17) is 5.26 Å². The van der Waals surface area contributed by atoms with E-state index in [1.807, 2.05) is 0 Å².